The van der Waals surface area contributed by atoms with Crippen LogP contribution in [0.5, 0.6) is 5.75 Å². The van der Waals surface area contributed by atoms with E-state index in [0.29, 0.717) is 58.5 Å². The van der Waals surface area contributed by atoms with Crippen molar-refractivity contribution in [2.24, 2.45) is 28.9 Å². The zero-order valence-electron chi connectivity index (χ0n) is 75.0. The molecule has 20 N–H and O–H groups in total. The lowest BCUT2D eigenvalue weighted by Gasteiger charge is -2.38. The first-order valence-corrected chi connectivity index (χ1v) is 45.1. The van der Waals surface area contributed by atoms with E-state index in [0.717, 1.165) is 38.5 Å². The van der Waals surface area contributed by atoms with E-state index in [1.807, 2.05) is 6.92 Å². The number of thioether (sulfide) groups is 1. The van der Waals surface area contributed by atoms with Crippen LogP contribution in [-0.4, -0.2) is 289 Å². The summed E-state index contributed by atoms with van der Waals surface area (Å²) in [5.41, 5.74) is 25.6. The lowest BCUT2D eigenvalue weighted by Crippen LogP contribution is -2.60. The van der Waals surface area contributed by atoms with E-state index in [1.54, 1.807) is 105 Å². The first-order chi connectivity index (χ1) is 63.3. The number of β-amino-alcohol motifs (C(OH)–C–C–N with tert-alkyl or cyclic N) is 1. The van der Waals surface area contributed by atoms with Crippen LogP contribution in [0.15, 0.2) is 134 Å². The van der Waals surface area contributed by atoms with Crippen LogP contribution in [0.4, 0.5) is 8.78 Å². The van der Waals surface area contributed by atoms with Crippen LogP contribution in [0.3, 0.4) is 0 Å². The molecule has 14 atom stereocenters. The second-order valence-corrected chi connectivity index (χ2v) is 34.6. The number of nitrogens with two attached hydrogens (primary N) is 4. The minimum Gasteiger partial charge on any atom is -0.508 e. The number of phenols is 1. The highest BCUT2D eigenvalue weighted by molar-refractivity contribution is 8.00. The Balaban J connectivity index is 1.01. The highest BCUT2D eigenvalue weighted by Gasteiger charge is 2.46. The molecule has 38 nitrogen and oxygen atoms in total. The van der Waals surface area contributed by atoms with Gasteiger partial charge in [0, 0.05) is 95.6 Å². The molecule has 2 aliphatic rings. The Labute approximate surface area is 772 Å². The molecule has 2 saturated heterocycles. The van der Waals surface area contributed by atoms with Gasteiger partial charge in [0.25, 0.3) is 0 Å². The molecule has 0 unspecified atom stereocenters. The summed E-state index contributed by atoms with van der Waals surface area (Å²) in [5.74, 6) is -19.6. The predicted octanol–water partition coefficient (Wildman–Crippen LogP) is -0.321. The van der Waals surface area contributed by atoms with Crippen molar-refractivity contribution in [3.63, 3.8) is 0 Å². The third kappa shape index (κ3) is 30.6. The van der Waals surface area contributed by atoms with Crippen LogP contribution in [0.2, 0.25) is 0 Å². The van der Waals surface area contributed by atoms with Gasteiger partial charge in [0.05, 0.1) is 36.9 Å². The average Bonchev–Trinajstić information content (AvgIpc) is 1.77. The number of hydrogen-bond donors (Lipinski definition) is 16. The topological polar surface area (TPSA) is 583 Å². The summed E-state index contributed by atoms with van der Waals surface area (Å²) < 4.78 is 29.8. The third-order valence-electron chi connectivity index (χ3n) is 23.3. The molecule has 0 aliphatic carbocycles. The largest absolute Gasteiger partial charge is 0.508 e. The van der Waals surface area contributed by atoms with Crippen molar-refractivity contribution in [3.8, 4) is 5.75 Å². The van der Waals surface area contributed by atoms with Crippen molar-refractivity contribution in [1.29, 1.82) is 0 Å². The number of aliphatic hydroxyl groups excluding tert-OH is 1. The minimum absolute atomic E-state index is 0.00116. The Bertz CT molecular complexity index is 5100. The summed E-state index contributed by atoms with van der Waals surface area (Å²) in [5, 5.41) is 52.5. The molecule has 6 aromatic rings. The number of likely N-dealkylation sites (tertiary alicyclic amines) is 2. The van der Waals surface area contributed by atoms with Gasteiger partial charge in [0.15, 0.2) is 11.6 Å². The maximum absolute atomic E-state index is 15.6. The number of aliphatic hydroxyl groups is 1. The highest BCUT2D eigenvalue weighted by atomic mass is 32.2. The van der Waals surface area contributed by atoms with E-state index in [9.17, 15) is 77.2 Å². The average molecular weight is 1870 g/mol. The van der Waals surface area contributed by atoms with E-state index in [1.165, 1.54) is 55.2 Å². The summed E-state index contributed by atoms with van der Waals surface area (Å²) in [6.45, 7) is 3.88. The van der Waals surface area contributed by atoms with Gasteiger partial charge in [-0.05, 0) is 116 Å². The molecule has 133 heavy (non-hydrogen) atoms. The maximum atomic E-state index is 15.6. The van der Waals surface area contributed by atoms with E-state index < -0.39 is 228 Å². The molecule has 0 bridgehead atoms. The van der Waals surface area contributed by atoms with Crippen molar-refractivity contribution in [3.05, 3.63) is 173 Å². The molecule has 2 aliphatic heterocycles. The SMILES string of the molecule is CCCC[C@@H](C(=O)N1CCC[C@@H]1C(=O)N[C@@H](CC(=O)O)C(=O)N[C@H](C(=O)N(C)[C@@H](C=O)Cc1ccccc1)C(C)C)N(C)C(=O)[C@H](Cc1ccccc1)N(C)C(=O)[C@H](Cc1ccc(F)c(F)c1)NC(=O)CSC[C@H](NC(=O)[C@H](CCCN)NC(=O)[C@H](Cc1ccc(O)cc1)NC(=O)[C@H](Cc1c[nH]c2ccccc12)NC(=O)[C@H]1C[C@@H](O)CN1C(=O)[C@@H](N)CCC(N)=O)C(=O)NCC(N)=O. The number of carbonyl (C=O) groups excluding carboxylic acids is 16. The Morgan fingerprint density at radius 1 is 0.579 bits per heavy atom. The standard InChI is InChI=1S/C92H120F2N18O20S/c1-7-8-26-73(91(131)111-37-18-27-72(111)86(126)105-69(45-79(119)120)85(125)107-80(52(2)3)92(132)108(4)58(49-113)38-53-19-11-9-12-20-53)109(5)90(130)75(42-54-21-13-10-14-22-54)110(6)89(129)70(41-56-30-33-62(93)63(94)39-56)101-78(118)51-133-50-71(81(121)100-47-77(98)117)106-82(122)66(25-17-36-95)102-83(123)67(40-55-28-31-59(114)32-29-55)103-84(124)68(43-57-46-99-65-24-16-15-23-61(57)65)104-87(127)74-44-60(115)48-112(74)88(128)64(96)34-35-76(97)116/h9-16,19-24,28-33,39,46,49,52,58,60,64,66-75,80,99,114-115H,7-8,17-18,25-27,34-38,40-45,47-48,50-51,95-96H2,1-6H3,(H2,97,116)(H2,98,117)(H,100,121)(H,101,118)(H,102,123)(H,103,124)(H,104,127)(H,105,126)(H,106,122)(H,107,125)(H,119,120)/t58-,60-,64+,66+,67+,68+,69+,70+,71+,72-,73+,74-,75+,80+/m1/s1. The zero-order chi connectivity index (χ0) is 97.4. The number of unbranched alkanes of at least 4 members (excludes halogenated alkanes) is 1. The van der Waals surface area contributed by atoms with E-state index >= 15 is 28.4 Å². The number of aromatic nitrogens is 1. The molecule has 0 saturated carbocycles. The van der Waals surface area contributed by atoms with Gasteiger partial charge in [0.1, 0.15) is 78.5 Å². The number of phenolic OH excluding ortho intramolecular Hbond substituents is 1. The van der Waals surface area contributed by atoms with E-state index in [-0.39, 0.29) is 108 Å². The Morgan fingerprint density at radius 2 is 1.16 bits per heavy atom. The number of nitrogens with zero attached hydrogens (tertiary/aromatic N) is 5. The fraction of sp³-hybridized carbons (Fsp3) is 0.467. The molecule has 718 valence electrons. The van der Waals surface area contributed by atoms with Crippen molar-refractivity contribution < 1.29 is 106 Å². The molecule has 0 spiro atoms. The quantitative estimate of drug-likeness (QED) is 0.0218. The molecular weight excluding hydrogens is 1750 g/mol. The number of carboxylic acid groups (broad SMARTS) is 1. The predicted molar refractivity (Wildman–Crippen MR) is 485 cm³/mol. The molecule has 3 heterocycles. The number of likely N-dealkylation sites (N-methyl/N-ethyl adjacent to an activating group) is 3. The molecule has 8 rings (SSSR count). The molecule has 1 aromatic heterocycles. The lowest BCUT2D eigenvalue weighted by atomic mass is 9.99. The van der Waals surface area contributed by atoms with Crippen LogP contribution in [0, 0.1) is 17.6 Å². The summed E-state index contributed by atoms with van der Waals surface area (Å²) in [7, 11) is 3.97. The second kappa shape index (κ2) is 50.9. The zero-order valence-corrected chi connectivity index (χ0v) is 75.8. The monoisotopic (exact) mass is 1870 g/mol. The van der Waals surface area contributed by atoms with Gasteiger partial charge < -0.3 is 115 Å². The van der Waals surface area contributed by atoms with Crippen molar-refractivity contribution in [2.45, 2.75) is 208 Å². The van der Waals surface area contributed by atoms with Gasteiger partial charge in [-0.3, -0.25) is 76.7 Å². The molecule has 15 amide bonds. The number of aromatic hydroxyl groups is 1. The number of primary amides is 2. The fourth-order valence-electron chi connectivity index (χ4n) is 15.8. The van der Waals surface area contributed by atoms with Crippen LogP contribution < -0.4 is 65.5 Å². The maximum Gasteiger partial charge on any atom is 0.305 e. The fourth-order valence-corrected chi connectivity index (χ4v) is 16.7. The molecule has 2 fully saturated rings. The number of benzene rings is 5. The van der Waals surface area contributed by atoms with Gasteiger partial charge in [-0.15, -0.1) is 11.8 Å². The third-order valence-corrected chi connectivity index (χ3v) is 24.3. The number of aliphatic carboxylic acids is 1. The van der Waals surface area contributed by atoms with E-state index in [2.05, 4.69) is 47.5 Å². The Kier molecular flexibility index (Phi) is 40.2. The van der Waals surface area contributed by atoms with Crippen LogP contribution in [0.1, 0.15) is 119 Å². The van der Waals surface area contributed by atoms with Crippen molar-refractivity contribution in [2.75, 3.05) is 58.8 Å². The number of rotatable bonds is 51. The molecule has 0 radical (unpaired) electrons. The smallest absolute Gasteiger partial charge is 0.305 e. The second-order valence-electron chi connectivity index (χ2n) is 33.6. The minimum atomic E-state index is -1.80. The van der Waals surface area contributed by atoms with Crippen LogP contribution in [-0.2, 0) is 114 Å². The number of carboxylic acids is 1. The lowest BCUT2D eigenvalue weighted by molar-refractivity contribution is -0.152. The first-order valence-electron chi connectivity index (χ1n) is 43.9. The summed E-state index contributed by atoms with van der Waals surface area (Å²) in [6.07, 6.45) is -1.01. The summed E-state index contributed by atoms with van der Waals surface area (Å²) >= 11 is 0.699. The number of aldehydes is 1. The number of nitrogens with one attached hydrogen (secondary N) is 9. The van der Waals surface area contributed by atoms with Gasteiger partial charge in [-0.1, -0.05) is 131 Å². The number of aromatic amines is 1. The Hall–Kier alpha value is -13.3. The summed E-state index contributed by atoms with van der Waals surface area (Å²) in [4.78, 5) is 248. The first kappa shape index (κ1) is 105. The number of fused-ring (bicyclic) bond motifs is 1. The molecule has 5 aromatic carbocycles. The number of halogens is 2. The Morgan fingerprint density at radius 3 is 1.78 bits per heavy atom. The number of hydrogen-bond acceptors (Lipinski definition) is 22. The molecule has 41 heteroatoms. The van der Waals surface area contributed by atoms with Crippen molar-refractivity contribution >= 4 is 124 Å². The number of carbonyl (C=O) groups is 17. The number of H-pyrrole nitrogens is 1. The number of amides is 15. The van der Waals surface area contributed by atoms with Gasteiger partial charge in [0.2, 0.25) is 88.6 Å². The van der Waals surface area contributed by atoms with Gasteiger partial charge >= 0.3 is 5.97 Å². The summed E-state index contributed by atoms with van der Waals surface area (Å²) in [6, 6.07) is 13.4. The number of para-hydroxylation sites is 1. The van der Waals surface area contributed by atoms with E-state index in [4.69, 9.17) is 22.9 Å². The van der Waals surface area contributed by atoms with Crippen molar-refractivity contribution in [1.82, 2.24) is 72.0 Å². The van der Waals surface area contributed by atoms with Gasteiger partial charge in [-0.2, -0.15) is 0 Å². The van der Waals surface area contributed by atoms with Crippen LogP contribution in [0.25, 0.3) is 10.9 Å². The normalized spacial score (nSPS) is 16.6. The molecular formula is C92H120F2N18O20S. The van der Waals surface area contributed by atoms with Gasteiger partial charge in [-0.25, -0.2) is 8.78 Å². The highest BCUT2D eigenvalue weighted by Crippen LogP contribution is 2.28. The van der Waals surface area contributed by atoms with Crippen LogP contribution >= 0.6 is 11.8 Å².